The second-order valence-electron chi connectivity index (χ2n) is 3.71. The maximum absolute atomic E-state index is 11.9. The molecule has 1 N–H and O–H groups in total. The number of aromatic amines is 1. The molecule has 0 aliphatic carbocycles. The van der Waals surface area contributed by atoms with Crippen molar-refractivity contribution >= 4 is 28.1 Å². The SMILES string of the molecule is CCc1nn2c(=O)cc(CSc3ncn[nH]3)nc2s1. The van der Waals surface area contributed by atoms with Crippen molar-refractivity contribution in [2.24, 2.45) is 0 Å². The lowest BCUT2D eigenvalue weighted by Gasteiger charge is -1.97. The third kappa shape index (κ3) is 2.51. The van der Waals surface area contributed by atoms with Gasteiger partial charge in [0.2, 0.25) is 4.96 Å². The van der Waals surface area contributed by atoms with Gasteiger partial charge in [0.15, 0.2) is 5.16 Å². The maximum atomic E-state index is 11.9. The van der Waals surface area contributed by atoms with Gasteiger partial charge in [-0.05, 0) is 6.42 Å². The normalized spacial score (nSPS) is 11.2. The van der Waals surface area contributed by atoms with Crippen LogP contribution in [0.4, 0.5) is 0 Å². The molecule has 0 amide bonds. The molecule has 19 heavy (non-hydrogen) atoms. The number of nitrogens with one attached hydrogen (secondary N) is 1. The van der Waals surface area contributed by atoms with E-state index in [0.29, 0.717) is 15.9 Å². The Bertz CT molecular complexity index is 747. The third-order valence-corrected chi connectivity index (χ3v) is 4.36. The number of hydrogen-bond acceptors (Lipinski definition) is 7. The summed E-state index contributed by atoms with van der Waals surface area (Å²) in [7, 11) is 0. The van der Waals surface area contributed by atoms with E-state index in [1.54, 1.807) is 0 Å². The molecule has 3 aromatic heterocycles. The van der Waals surface area contributed by atoms with Gasteiger partial charge in [0.05, 0.1) is 5.69 Å². The topological polar surface area (TPSA) is 88.8 Å². The number of hydrogen-bond donors (Lipinski definition) is 1. The van der Waals surface area contributed by atoms with Crippen molar-refractivity contribution in [1.82, 2.24) is 29.8 Å². The van der Waals surface area contributed by atoms with Crippen molar-refractivity contribution in [2.45, 2.75) is 24.3 Å². The molecule has 0 aliphatic heterocycles. The molecule has 0 fully saturated rings. The molecule has 3 heterocycles. The molecule has 0 bridgehead atoms. The van der Waals surface area contributed by atoms with Crippen LogP contribution in [0.1, 0.15) is 17.6 Å². The molecule has 0 unspecified atom stereocenters. The van der Waals surface area contributed by atoms with Crippen LogP contribution in [0.15, 0.2) is 22.3 Å². The molecule has 0 atom stereocenters. The minimum absolute atomic E-state index is 0.144. The van der Waals surface area contributed by atoms with E-state index >= 15 is 0 Å². The van der Waals surface area contributed by atoms with Crippen molar-refractivity contribution in [1.29, 1.82) is 0 Å². The summed E-state index contributed by atoms with van der Waals surface area (Å²) in [6.45, 7) is 2.00. The number of nitrogens with zero attached hydrogens (tertiary/aromatic N) is 5. The Balaban J connectivity index is 1.89. The Morgan fingerprint density at radius 1 is 1.53 bits per heavy atom. The number of H-pyrrole nitrogens is 1. The van der Waals surface area contributed by atoms with Crippen LogP contribution in [0, 0.1) is 0 Å². The number of fused-ring (bicyclic) bond motifs is 1. The highest BCUT2D eigenvalue weighted by Gasteiger charge is 2.08. The molecule has 0 aromatic carbocycles. The Morgan fingerprint density at radius 2 is 2.42 bits per heavy atom. The summed E-state index contributed by atoms with van der Waals surface area (Å²) in [5.74, 6) is 0.570. The molecule has 0 radical (unpaired) electrons. The Hall–Kier alpha value is -1.74. The summed E-state index contributed by atoms with van der Waals surface area (Å²) in [5.41, 5.74) is 0.576. The minimum Gasteiger partial charge on any atom is -0.267 e. The average molecular weight is 294 g/mol. The first-order chi connectivity index (χ1) is 9.26. The number of aromatic nitrogens is 6. The van der Waals surface area contributed by atoms with Gasteiger partial charge in [-0.1, -0.05) is 30.0 Å². The zero-order valence-corrected chi connectivity index (χ0v) is 11.7. The molecule has 7 nitrogen and oxygen atoms in total. The summed E-state index contributed by atoms with van der Waals surface area (Å²) in [4.78, 5) is 21.0. The Labute approximate surface area is 116 Å². The van der Waals surface area contributed by atoms with Crippen LogP contribution in [-0.2, 0) is 12.2 Å². The second-order valence-corrected chi connectivity index (χ2v) is 5.71. The summed E-state index contributed by atoms with van der Waals surface area (Å²) < 4.78 is 1.35. The zero-order valence-electron chi connectivity index (χ0n) is 10.0. The van der Waals surface area contributed by atoms with E-state index in [2.05, 4.69) is 25.3 Å². The molecule has 0 aliphatic rings. The van der Waals surface area contributed by atoms with Crippen molar-refractivity contribution in [2.75, 3.05) is 0 Å². The van der Waals surface area contributed by atoms with Gasteiger partial charge in [-0.25, -0.2) is 9.97 Å². The predicted molar refractivity (Wildman–Crippen MR) is 72.5 cm³/mol. The quantitative estimate of drug-likeness (QED) is 0.725. The third-order valence-electron chi connectivity index (χ3n) is 2.39. The van der Waals surface area contributed by atoms with E-state index in [1.165, 1.54) is 40.0 Å². The molecular weight excluding hydrogens is 284 g/mol. The molecule has 0 saturated carbocycles. The van der Waals surface area contributed by atoms with Gasteiger partial charge in [0, 0.05) is 11.8 Å². The van der Waals surface area contributed by atoms with Crippen molar-refractivity contribution < 1.29 is 0 Å². The number of rotatable bonds is 4. The second kappa shape index (κ2) is 5.10. The monoisotopic (exact) mass is 294 g/mol. The van der Waals surface area contributed by atoms with Gasteiger partial charge in [-0.2, -0.15) is 14.7 Å². The fourth-order valence-corrected chi connectivity index (χ4v) is 3.05. The van der Waals surface area contributed by atoms with E-state index in [9.17, 15) is 4.79 Å². The maximum Gasteiger partial charge on any atom is 0.275 e. The highest BCUT2D eigenvalue weighted by atomic mass is 32.2. The van der Waals surface area contributed by atoms with Crippen LogP contribution >= 0.6 is 23.1 Å². The van der Waals surface area contributed by atoms with E-state index in [0.717, 1.165) is 17.1 Å². The smallest absolute Gasteiger partial charge is 0.267 e. The Kier molecular flexibility index (Phi) is 3.30. The number of aryl methyl sites for hydroxylation is 1. The van der Waals surface area contributed by atoms with Gasteiger partial charge in [0.25, 0.3) is 5.56 Å². The summed E-state index contributed by atoms with van der Waals surface area (Å²) >= 11 is 2.90. The average Bonchev–Trinajstić information content (AvgIpc) is 3.05. The molecule has 98 valence electrons. The molecular formula is C10H10N6OS2. The lowest BCUT2D eigenvalue weighted by Crippen LogP contribution is -2.15. The molecule has 9 heteroatoms. The van der Waals surface area contributed by atoms with Crippen LogP contribution in [0.5, 0.6) is 0 Å². The van der Waals surface area contributed by atoms with E-state index in [4.69, 9.17) is 0 Å². The fourth-order valence-electron chi connectivity index (χ4n) is 1.52. The number of thioether (sulfide) groups is 1. The van der Waals surface area contributed by atoms with Crippen LogP contribution in [0.3, 0.4) is 0 Å². The van der Waals surface area contributed by atoms with Crippen LogP contribution < -0.4 is 5.56 Å². The highest BCUT2D eigenvalue weighted by molar-refractivity contribution is 7.98. The minimum atomic E-state index is -0.144. The first kappa shape index (κ1) is 12.3. The van der Waals surface area contributed by atoms with Gasteiger partial charge in [-0.3, -0.25) is 9.89 Å². The van der Waals surface area contributed by atoms with Crippen LogP contribution in [0.25, 0.3) is 4.96 Å². The van der Waals surface area contributed by atoms with Gasteiger partial charge in [0.1, 0.15) is 11.3 Å². The van der Waals surface area contributed by atoms with Gasteiger partial charge in [-0.15, -0.1) is 0 Å². The van der Waals surface area contributed by atoms with E-state index in [1.807, 2.05) is 6.92 Å². The first-order valence-corrected chi connectivity index (χ1v) is 7.43. The van der Waals surface area contributed by atoms with Crippen molar-refractivity contribution in [3.05, 3.63) is 33.4 Å². The predicted octanol–water partition coefficient (Wildman–Crippen LogP) is 1.12. The highest BCUT2D eigenvalue weighted by Crippen LogP contribution is 2.18. The Morgan fingerprint density at radius 3 is 3.16 bits per heavy atom. The summed E-state index contributed by atoms with van der Waals surface area (Å²) in [5, 5.41) is 12.3. The largest absolute Gasteiger partial charge is 0.275 e. The zero-order chi connectivity index (χ0) is 13.2. The standard InChI is InChI=1S/C10H10N6OS2/c1-2-7-15-16-8(17)3-6(13-10(16)19-7)4-18-9-11-5-12-14-9/h3,5H,2,4H2,1H3,(H,11,12,14). The lowest BCUT2D eigenvalue weighted by atomic mass is 10.4. The first-order valence-electron chi connectivity index (χ1n) is 5.63. The van der Waals surface area contributed by atoms with Crippen molar-refractivity contribution in [3.63, 3.8) is 0 Å². The summed E-state index contributed by atoms with van der Waals surface area (Å²) in [6, 6.07) is 1.51. The fraction of sp³-hybridized carbons (Fsp3) is 0.300. The van der Waals surface area contributed by atoms with Gasteiger partial charge >= 0.3 is 0 Å². The lowest BCUT2D eigenvalue weighted by molar-refractivity contribution is 0.852. The van der Waals surface area contributed by atoms with Gasteiger partial charge < -0.3 is 0 Å². The van der Waals surface area contributed by atoms with Crippen LogP contribution in [0.2, 0.25) is 0 Å². The molecule has 0 saturated heterocycles. The molecule has 3 rings (SSSR count). The molecule has 0 spiro atoms. The van der Waals surface area contributed by atoms with Crippen LogP contribution in [-0.4, -0.2) is 29.8 Å². The molecule has 3 aromatic rings. The van der Waals surface area contributed by atoms with Crippen molar-refractivity contribution in [3.8, 4) is 0 Å². The van der Waals surface area contributed by atoms with E-state index < -0.39 is 0 Å². The van der Waals surface area contributed by atoms with E-state index in [-0.39, 0.29) is 5.56 Å². The summed E-state index contributed by atoms with van der Waals surface area (Å²) in [6.07, 6.45) is 2.25.